The third-order valence-electron chi connectivity index (χ3n) is 5.54. The summed E-state index contributed by atoms with van der Waals surface area (Å²) in [5.41, 5.74) is -1.01. The molecule has 12 heteroatoms. The van der Waals surface area contributed by atoms with Crippen molar-refractivity contribution in [2.45, 2.75) is 37.3 Å². The monoisotopic (exact) mass is 478 g/mol. The van der Waals surface area contributed by atoms with E-state index in [2.05, 4.69) is 0 Å². The zero-order valence-corrected chi connectivity index (χ0v) is 17.4. The van der Waals surface area contributed by atoms with Crippen molar-refractivity contribution < 1.29 is 54.7 Å². The standard InChI is InChI=1S/C22H22O12/c23-6-10-17(28)16-13(27)4-9(32-22-20(31)19(30)18(29)15(7-24)34-22)5-14(16)33-21(10)8-1-2-11(25)12(26)3-8/h1-5,15,18-20,22-27,29-31H,6-7H2. The number of rotatable bonds is 5. The topological polar surface area (TPSA) is 211 Å². The highest BCUT2D eigenvalue weighted by Gasteiger charge is 2.44. The average molecular weight is 478 g/mol. The summed E-state index contributed by atoms with van der Waals surface area (Å²) in [7, 11) is 0. The number of aliphatic hydroxyl groups is 5. The first kappa shape index (κ1) is 23.8. The predicted molar refractivity (Wildman–Crippen MR) is 113 cm³/mol. The molecule has 3 aromatic rings. The second-order valence-corrected chi connectivity index (χ2v) is 7.73. The molecule has 0 spiro atoms. The summed E-state index contributed by atoms with van der Waals surface area (Å²) in [5.74, 6) is -1.79. The van der Waals surface area contributed by atoms with E-state index in [0.29, 0.717) is 0 Å². The van der Waals surface area contributed by atoms with E-state index < -0.39 is 66.6 Å². The molecule has 1 fully saturated rings. The fourth-order valence-electron chi connectivity index (χ4n) is 3.72. The minimum Gasteiger partial charge on any atom is -0.507 e. The Kier molecular flexibility index (Phi) is 6.36. The van der Waals surface area contributed by atoms with E-state index in [1.54, 1.807) is 0 Å². The first-order chi connectivity index (χ1) is 16.2. The predicted octanol–water partition coefficient (Wildman–Crippen LogP) is -0.752. The molecule has 0 amide bonds. The van der Waals surface area contributed by atoms with Gasteiger partial charge in [-0.1, -0.05) is 0 Å². The normalized spacial score (nSPS) is 24.9. The zero-order chi connectivity index (χ0) is 24.7. The van der Waals surface area contributed by atoms with Crippen LogP contribution in [0.4, 0.5) is 0 Å². The summed E-state index contributed by atoms with van der Waals surface area (Å²) in [6.45, 7) is -1.42. The van der Waals surface area contributed by atoms with Crippen LogP contribution in [0.2, 0.25) is 0 Å². The Hall–Kier alpha value is -3.39. The van der Waals surface area contributed by atoms with Crippen LogP contribution >= 0.6 is 0 Å². The van der Waals surface area contributed by atoms with Crippen molar-refractivity contribution in [1.82, 2.24) is 0 Å². The minimum absolute atomic E-state index is 0.139. The van der Waals surface area contributed by atoms with Crippen LogP contribution in [0, 0.1) is 0 Å². The van der Waals surface area contributed by atoms with Gasteiger partial charge >= 0.3 is 0 Å². The van der Waals surface area contributed by atoms with E-state index in [1.165, 1.54) is 12.1 Å². The van der Waals surface area contributed by atoms with Crippen LogP contribution in [0.15, 0.2) is 39.5 Å². The second kappa shape index (κ2) is 9.10. The molecule has 12 nitrogen and oxygen atoms in total. The summed E-state index contributed by atoms with van der Waals surface area (Å²) in [4.78, 5) is 13.0. The molecule has 0 bridgehead atoms. The van der Waals surface area contributed by atoms with Crippen LogP contribution in [0.1, 0.15) is 5.56 Å². The quantitative estimate of drug-likeness (QED) is 0.213. The molecule has 2 heterocycles. The Balaban J connectivity index is 1.79. The molecule has 0 saturated carbocycles. The lowest BCUT2D eigenvalue weighted by Crippen LogP contribution is -2.60. The highest BCUT2D eigenvalue weighted by molar-refractivity contribution is 5.87. The molecule has 1 aliphatic rings. The maximum Gasteiger partial charge on any atom is 0.229 e. The van der Waals surface area contributed by atoms with Crippen LogP contribution < -0.4 is 10.2 Å². The van der Waals surface area contributed by atoms with Crippen LogP contribution in [0.5, 0.6) is 23.0 Å². The third kappa shape index (κ3) is 4.03. The van der Waals surface area contributed by atoms with E-state index in [-0.39, 0.29) is 33.6 Å². The zero-order valence-electron chi connectivity index (χ0n) is 17.4. The van der Waals surface area contributed by atoms with E-state index in [1.807, 2.05) is 0 Å². The number of aromatic hydroxyl groups is 3. The van der Waals surface area contributed by atoms with E-state index in [0.717, 1.165) is 18.2 Å². The van der Waals surface area contributed by atoms with E-state index in [4.69, 9.17) is 13.9 Å². The van der Waals surface area contributed by atoms with Gasteiger partial charge in [0.05, 0.1) is 18.8 Å². The molecule has 1 saturated heterocycles. The Bertz CT molecular complexity index is 1270. The summed E-state index contributed by atoms with van der Waals surface area (Å²) in [5, 5.41) is 78.6. The van der Waals surface area contributed by atoms with Gasteiger partial charge in [-0.2, -0.15) is 0 Å². The van der Waals surface area contributed by atoms with Crippen molar-refractivity contribution in [2.24, 2.45) is 0 Å². The summed E-state index contributed by atoms with van der Waals surface area (Å²) in [6, 6.07) is 5.82. The number of phenols is 3. The maximum absolute atomic E-state index is 13.0. The van der Waals surface area contributed by atoms with E-state index >= 15 is 0 Å². The lowest BCUT2D eigenvalue weighted by atomic mass is 9.99. The minimum atomic E-state index is -1.71. The number of fused-ring (bicyclic) bond motifs is 1. The van der Waals surface area contributed by atoms with E-state index in [9.17, 15) is 45.6 Å². The summed E-state index contributed by atoms with van der Waals surface area (Å²) in [6.07, 6.45) is -7.77. The van der Waals surface area contributed by atoms with Gasteiger partial charge in [0.15, 0.2) is 11.5 Å². The number of benzene rings is 2. The smallest absolute Gasteiger partial charge is 0.229 e. The van der Waals surface area contributed by atoms with Crippen molar-refractivity contribution in [3.8, 4) is 34.3 Å². The van der Waals surface area contributed by atoms with Gasteiger partial charge in [-0.25, -0.2) is 0 Å². The SMILES string of the molecule is O=c1c(CO)c(-c2ccc(O)c(O)c2)oc2cc(OC3OC(CO)C(O)C(O)C3O)cc(O)c12. The van der Waals surface area contributed by atoms with Crippen molar-refractivity contribution in [3.05, 3.63) is 46.1 Å². The molecule has 1 aromatic heterocycles. The molecular weight excluding hydrogens is 456 g/mol. The molecule has 4 rings (SSSR count). The fraction of sp³-hybridized carbons (Fsp3) is 0.318. The number of hydrogen-bond acceptors (Lipinski definition) is 12. The van der Waals surface area contributed by atoms with Gasteiger partial charge in [-0.05, 0) is 18.2 Å². The maximum atomic E-state index is 13.0. The molecule has 8 N–H and O–H groups in total. The van der Waals surface area contributed by atoms with Gasteiger partial charge < -0.3 is 54.7 Å². The van der Waals surface area contributed by atoms with Gasteiger partial charge in [0, 0.05) is 17.7 Å². The van der Waals surface area contributed by atoms with Crippen LogP contribution in [0.3, 0.4) is 0 Å². The Morgan fingerprint density at radius 2 is 1.62 bits per heavy atom. The van der Waals surface area contributed by atoms with Crippen LogP contribution in [-0.2, 0) is 11.3 Å². The lowest BCUT2D eigenvalue weighted by Gasteiger charge is -2.39. The van der Waals surface area contributed by atoms with Gasteiger partial charge in [-0.15, -0.1) is 0 Å². The van der Waals surface area contributed by atoms with Gasteiger partial charge in [0.25, 0.3) is 0 Å². The highest BCUT2D eigenvalue weighted by Crippen LogP contribution is 2.36. The van der Waals surface area contributed by atoms with Crippen molar-refractivity contribution in [2.75, 3.05) is 6.61 Å². The van der Waals surface area contributed by atoms with Gasteiger partial charge in [-0.3, -0.25) is 4.79 Å². The van der Waals surface area contributed by atoms with Crippen LogP contribution in [0.25, 0.3) is 22.3 Å². The largest absolute Gasteiger partial charge is 0.507 e. The number of ether oxygens (including phenoxy) is 2. The number of aliphatic hydroxyl groups excluding tert-OH is 5. The van der Waals surface area contributed by atoms with Crippen molar-refractivity contribution in [1.29, 1.82) is 0 Å². The van der Waals surface area contributed by atoms with Gasteiger partial charge in [0.2, 0.25) is 11.7 Å². The third-order valence-corrected chi connectivity index (χ3v) is 5.54. The molecule has 0 radical (unpaired) electrons. The van der Waals surface area contributed by atoms with Gasteiger partial charge in [0.1, 0.15) is 52.6 Å². The fourth-order valence-corrected chi connectivity index (χ4v) is 3.72. The lowest BCUT2D eigenvalue weighted by molar-refractivity contribution is -0.277. The second-order valence-electron chi connectivity index (χ2n) is 7.73. The first-order valence-corrected chi connectivity index (χ1v) is 10.1. The molecule has 182 valence electrons. The average Bonchev–Trinajstić information content (AvgIpc) is 2.80. The number of phenolic OH excluding ortho intramolecular Hbond substituents is 3. The molecule has 0 aliphatic carbocycles. The molecule has 5 atom stereocenters. The molecule has 1 aliphatic heterocycles. The summed E-state index contributed by atoms with van der Waals surface area (Å²) >= 11 is 0. The number of hydrogen-bond donors (Lipinski definition) is 8. The van der Waals surface area contributed by atoms with Crippen LogP contribution in [-0.4, -0.2) is 78.2 Å². The molecular formula is C22H22O12. The molecule has 2 aromatic carbocycles. The first-order valence-electron chi connectivity index (χ1n) is 10.1. The molecule has 5 unspecified atom stereocenters. The Morgan fingerprint density at radius 3 is 2.26 bits per heavy atom. The molecule has 34 heavy (non-hydrogen) atoms. The highest BCUT2D eigenvalue weighted by atomic mass is 16.7. The Labute approximate surface area is 190 Å². The summed E-state index contributed by atoms with van der Waals surface area (Å²) < 4.78 is 16.5. The van der Waals surface area contributed by atoms with Crippen molar-refractivity contribution in [3.63, 3.8) is 0 Å². The Morgan fingerprint density at radius 1 is 0.882 bits per heavy atom. The van der Waals surface area contributed by atoms with Crippen molar-refractivity contribution >= 4 is 11.0 Å².